The van der Waals surface area contributed by atoms with Gasteiger partial charge in [0.15, 0.2) is 0 Å². The van der Waals surface area contributed by atoms with Crippen molar-refractivity contribution in [2.75, 3.05) is 6.54 Å². The highest BCUT2D eigenvalue weighted by atomic mass is 16.4. The molecule has 0 aromatic carbocycles. The summed E-state index contributed by atoms with van der Waals surface area (Å²) >= 11 is 0. The fourth-order valence-electron chi connectivity index (χ4n) is 1.27. The summed E-state index contributed by atoms with van der Waals surface area (Å²) in [4.78, 5) is 10.2. The van der Waals surface area contributed by atoms with Crippen molar-refractivity contribution in [1.29, 1.82) is 0 Å². The van der Waals surface area contributed by atoms with Gasteiger partial charge in [-0.05, 0) is 19.9 Å². The molecule has 0 aliphatic carbocycles. The maximum Gasteiger partial charge on any atom is 0.303 e. The maximum atomic E-state index is 10.2. The normalized spacial score (nSPS) is 10.5. The predicted molar refractivity (Wildman–Crippen MR) is 56.5 cm³/mol. The molecule has 0 saturated carbocycles. The fraction of sp³-hybridized carbons (Fsp3) is 0.600. The van der Waals surface area contributed by atoms with Crippen molar-refractivity contribution in [3.63, 3.8) is 0 Å². The average molecular weight is 211 g/mol. The van der Waals surface area contributed by atoms with E-state index >= 15 is 0 Å². The Bertz CT molecular complexity index is 309. The molecule has 1 heterocycles. The van der Waals surface area contributed by atoms with Gasteiger partial charge >= 0.3 is 5.97 Å². The van der Waals surface area contributed by atoms with E-state index in [4.69, 9.17) is 5.11 Å². The van der Waals surface area contributed by atoms with E-state index in [1.165, 1.54) is 0 Å². The van der Waals surface area contributed by atoms with Gasteiger partial charge < -0.3 is 10.4 Å². The van der Waals surface area contributed by atoms with E-state index in [0.29, 0.717) is 6.42 Å². The smallest absolute Gasteiger partial charge is 0.303 e. The van der Waals surface area contributed by atoms with Crippen LogP contribution in [-0.4, -0.2) is 27.4 Å². The molecule has 1 rings (SSSR count). The lowest BCUT2D eigenvalue weighted by Gasteiger charge is -2.00. The van der Waals surface area contributed by atoms with Gasteiger partial charge in [0.1, 0.15) is 0 Å². The maximum absolute atomic E-state index is 10.2. The first kappa shape index (κ1) is 11.7. The molecule has 5 nitrogen and oxygen atoms in total. The minimum Gasteiger partial charge on any atom is -0.481 e. The van der Waals surface area contributed by atoms with Crippen molar-refractivity contribution in [3.05, 3.63) is 18.0 Å². The van der Waals surface area contributed by atoms with Crippen LogP contribution in [0.25, 0.3) is 0 Å². The third-order valence-electron chi connectivity index (χ3n) is 2.08. The number of nitrogens with one attached hydrogen (secondary N) is 1. The predicted octanol–water partition coefficient (Wildman–Crippen LogP) is 0.857. The summed E-state index contributed by atoms with van der Waals surface area (Å²) in [6.07, 6.45) is 4.70. The van der Waals surface area contributed by atoms with E-state index in [0.717, 1.165) is 25.2 Å². The lowest BCUT2D eigenvalue weighted by Crippen LogP contribution is -2.15. The van der Waals surface area contributed by atoms with Gasteiger partial charge in [-0.1, -0.05) is 0 Å². The molecule has 5 heteroatoms. The van der Waals surface area contributed by atoms with Crippen LogP contribution in [0, 0.1) is 0 Å². The minimum absolute atomic E-state index is 0.223. The van der Waals surface area contributed by atoms with Crippen LogP contribution in [-0.2, 0) is 17.9 Å². The SMILES string of the molecule is CCn1cc(CNCCCC(=O)O)cn1. The minimum atomic E-state index is -0.740. The first-order valence-electron chi connectivity index (χ1n) is 5.16. The van der Waals surface area contributed by atoms with Crippen molar-refractivity contribution >= 4 is 5.97 Å². The second-order valence-corrected chi connectivity index (χ2v) is 3.38. The third kappa shape index (κ3) is 4.60. The summed E-state index contributed by atoms with van der Waals surface area (Å²) in [6.45, 7) is 4.39. The molecule has 0 aliphatic rings. The quantitative estimate of drug-likeness (QED) is 0.656. The lowest BCUT2D eigenvalue weighted by atomic mass is 10.3. The number of aromatic nitrogens is 2. The van der Waals surface area contributed by atoms with E-state index < -0.39 is 5.97 Å². The Balaban J connectivity index is 2.12. The summed E-state index contributed by atoms with van der Waals surface area (Å²) in [5.74, 6) is -0.740. The Kier molecular flexibility index (Phi) is 4.83. The van der Waals surface area contributed by atoms with Gasteiger partial charge in [0, 0.05) is 31.3 Å². The molecule has 0 aliphatic heterocycles. The van der Waals surface area contributed by atoms with Crippen molar-refractivity contribution in [2.45, 2.75) is 32.9 Å². The monoisotopic (exact) mass is 211 g/mol. The van der Waals surface area contributed by atoms with Crippen LogP contribution in [0.2, 0.25) is 0 Å². The molecule has 0 radical (unpaired) electrons. The number of aliphatic carboxylic acids is 1. The van der Waals surface area contributed by atoms with Crippen LogP contribution in [0.5, 0.6) is 0 Å². The standard InChI is InChI=1S/C10H17N3O2/c1-2-13-8-9(7-12-13)6-11-5-3-4-10(14)15/h7-8,11H,2-6H2,1H3,(H,14,15). The van der Waals surface area contributed by atoms with Gasteiger partial charge in [-0.3, -0.25) is 9.48 Å². The molecule has 2 N–H and O–H groups in total. The second-order valence-electron chi connectivity index (χ2n) is 3.38. The van der Waals surface area contributed by atoms with Crippen LogP contribution in [0.15, 0.2) is 12.4 Å². The van der Waals surface area contributed by atoms with Crippen molar-refractivity contribution in [1.82, 2.24) is 15.1 Å². The molecule has 0 atom stereocenters. The summed E-state index contributed by atoms with van der Waals surface area (Å²) in [7, 11) is 0. The van der Waals surface area contributed by atoms with E-state index in [-0.39, 0.29) is 6.42 Å². The number of aryl methyl sites for hydroxylation is 1. The Morgan fingerprint density at radius 3 is 3.07 bits per heavy atom. The molecule has 15 heavy (non-hydrogen) atoms. The molecule has 0 saturated heterocycles. The summed E-state index contributed by atoms with van der Waals surface area (Å²) in [5, 5.41) is 15.7. The molecule has 0 amide bonds. The topological polar surface area (TPSA) is 67.2 Å². The van der Waals surface area contributed by atoms with Gasteiger partial charge in [0.25, 0.3) is 0 Å². The first-order valence-corrected chi connectivity index (χ1v) is 5.16. The van der Waals surface area contributed by atoms with Crippen LogP contribution >= 0.6 is 0 Å². The number of hydrogen-bond donors (Lipinski definition) is 2. The molecule has 1 aromatic rings. The van der Waals surface area contributed by atoms with Crippen molar-refractivity contribution < 1.29 is 9.90 Å². The molecule has 0 spiro atoms. The number of carboxylic acid groups (broad SMARTS) is 1. The zero-order valence-corrected chi connectivity index (χ0v) is 8.94. The van der Waals surface area contributed by atoms with Crippen LogP contribution in [0.1, 0.15) is 25.3 Å². The molecular formula is C10H17N3O2. The zero-order valence-electron chi connectivity index (χ0n) is 8.94. The number of rotatable bonds is 7. The Hall–Kier alpha value is -1.36. The summed E-state index contributed by atoms with van der Waals surface area (Å²) < 4.78 is 1.87. The summed E-state index contributed by atoms with van der Waals surface area (Å²) in [5.41, 5.74) is 1.13. The fourth-order valence-corrected chi connectivity index (χ4v) is 1.27. The number of hydrogen-bond acceptors (Lipinski definition) is 3. The molecule has 0 fully saturated rings. The van der Waals surface area contributed by atoms with Gasteiger partial charge in [-0.15, -0.1) is 0 Å². The third-order valence-corrected chi connectivity index (χ3v) is 2.08. The van der Waals surface area contributed by atoms with E-state index in [1.807, 2.05) is 24.0 Å². The van der Waals surface area contributed by atoms with Crippen LogP contribution in [0.4, 0.5) is 0 Å². The highest BCUT2D eigenvalue weighted by Gasteiger charge is 1.98. The van der Waals surface area contributed by atoms with E-state index in [1.54, 1.807) is 0 Å². The first-order chi connectivity index (χ1) is 7.22. The Morgan fingerprint density at radius 2 is 2.47 bits per heavy atom. The van der Waals surface area contributed by atoms with Crippen LogP contribution < -0.4 is 5.32 Å². The van der Waals surface area contributed by atoms with Crippen molar-refractivity contribution in [2.24, 2.45) is 0 Å². The number of carboxylic acids is 1. The lowest BCUT2D eigenvalue weighted by molar-refractivity contribution is -0.137. The molecule has 84 valence electrons. The summed E-state index contributed by atoms with van der Waals surface area (Å²) in [6, 6.07) is 0. The Labute approximate surface area is 89.1 Å². The number of carbonyl (C=O) groups is 1. The highest BCUT2D eigenvalue weighted by Crippen LogP contribution is 1.97. The molecular weight excluding hydrogens is 194 g/mol. The molecule has 0 unspecified atom stereocenters. The van der Waals surface area contributed by atoms with Crippen molar-refractivity contribution in [3.8, 4) is 0 Å². The zero-order chi connectivity index (χ0) is 11.1. The highest BCUT2D eigenvalue weighted by molar-refractivity contribution is 5.66. The molecule has 0 bridgehead atoms. The average Bonchev–Trinajstić information content (AvgIpc) is 2.65. The molecule has 1 aromatic heterocycles. The van der Waals surface area contributed by atoms with Gasteiger partial charge in [0.2, 0.25) is 0 Å². The van der Waals surface area contributed by atoms with E-state index in [9.17, 15) is 4.79 Å². The Morgan fingerprint density at radius 1 is 1.67 bits per heavy atom. The van der Waals surface area contributed by atoms with Gasteiger partial charge in [-0.25, -0.2) is 0 Å². The van der Waals surface area contributed by atoms with Crippen LogP contribution in [0.3, 0.4) is 0 Å². The number of nitrogens with zero attached hydrogens (tertiary/aromatic N) is 2. The van der Waals surface area contributed by atoms with Gasteiger partial charge in [-0.2, -0.15) is 5.10 Å². The van der Waals surface area contributed by atoms with Gasteiger partial charge in [0.05, 0.1) is 6.20 Å². The second kappa shape index (κ2) is 6.19. The largest absolute Gasteiger partial charge is 0.481 e. The van der Waals surface area contributed by atoms with E-state index in [2.05, 4.69) is 10.4 Å².